The van der Waals surface area contributed by atoms with E-state index in [1.807, 2.05) is 42.1 Å². The lowest BCUT2D eigenvalue weighted by molar-refractivity contribution is -0.136. The number of carbonyl (C=O) groups excluding carboxylic acids is 5. The van der Waals surface area contributed by atoms with E-state index in [2.05, 4.69) is 10.6 Å². The van der Waals surface area contributed by atoms with Gasteiger partial charge in [-0.05, 0) is 29.7 Å². The van der Waals surface area contributed by atoms with Gasteiger partial charge in [0, 0.05) is 37.1 Å². The Bertz CT molecular complexity index is 1390. The molecule has 172 valence electrons. The maximum atomic E-state index is 13.2. The van der Waals surface area contributed by atoms with Crippen molar-refractivity contribution in [3.05, 3.63) is 70.9 Å². The molecule has 34 heavy (non-hydrogen) atoms. The summed E-state index contributed by atoms with van der Waals surface area (Å²) in [5.74, 6) is -2.46. The second-order valence-corrected chi connectivity index (χ2v) is 8.52. The first kappa shape index (κ1) is 21.6. The van der Waals surface area contributed by atoms with Crippen molar-refractivity contribution in [1.29, 1.82) is 0 Å². The maximum absolute atomic E-state index is 13.2. The molecule has 5 rings (SSSR count). The molecule has 2 aromatic carbocycles. The van der Waals surface area contributed by atoms with E-state index < -0.39 is 29.7 Å². The van der Waals surface area contributed by atoms with Gasteiger partial charge in [-0.3, -0.25) is 34.2 Å². The summed E-state index contributed by atoms with van der Waals surface area (Å²) in [6.45, 7) is 0.0645. The molecule has 0 bridgehead atoms. The number of amides is 5. The molecule has 3 heterocycles. The summed E-state index contributed by atoms with van der Waals surface area (Å²) in [5.41, 5.74) is 2.79. The zero-order chi connectivity index (χ0) is 24.0. The van der Waals surface area contributed by atoms with E-state index in [0.717, 1.165) is 21.4 Å². The molecule has 0 radical (unpaired) electrons. The summed E-state index contributed by atoms with van der Waals surface area (Å²) in [7, 11) is 1.92. The van der Waals surface area contributed by atoms with Crippen molar-refractivity contribution < 1.29 is 24.0 Å². The molecule has 3 aromatic rings. The van der Waals surface area contributed by atoms with Gasteiger partial charge in [0.25, 0.3) is 11.8 Å². The van der Waals surface area contributed by atoms with Crippen LogP contribution in [0.5, 0.6) is 0 Å². The number of aromatic nitrogens is 1. The van der Waals surface area contributed by atoms with E-state index in [1.54, 1.807) is 12.1 Å². The quantitative estimate of drug-likeness (QED) is 0.561. The van der Waals surface area contributed by atoms with E-state index in [1.165, 1.54) is 6.07 Å². The molecule has 9 nitrogen and oxygen atoms in total. The summed E-state index contributed by atoms with van der Waals surface area (Å²) < 4.78 is 1.97. The molecule has 2 aliphatic rings. The van der Waals surface area contributed by atoms with Gasteiger partial charge >= 0.3 is 0 Å². The van der Waals surface area contributed by atoms with Gasteiger partial charge in [-0.2, -0.15) is 0 Å². The van der Waals surface area contributed by atoms with E-state index in [0.29, 0.717) is 5.56 Å². The fourth-order valence-corrected chi connectivity index (χ4v) is 4.73. The highest BCUT2D eigenvalue weighted by molar-refractivity contribution is 6.24. The van der Waals surface area contributed by atoms with Crippen LogP contribution in [0.1, 0.15) is 44.7 Å². The number of piperidine rings is 1. The largest absolute Gasteiger partial charge is 0.352 e. The lowest BCUT2D eigenvalue weighted by Crippen LogP contribution is -2.54. The standard InChI is InChI=1S/C25H22N4O5/c1-28-13-15(16-6-2-3-8-18(16)28)11-21(31)26-12-14-5-4-7-17-22(14)25(34)29(24(17)33)19-9-10-20(30)27-23(19)32/h2-8,13,19H,9-12H2,1H3,(H,26,31)(H,27,30,32). The van der Waals surface area contributed by atoms with Gasteiger partial charge in [-0.1, -0.05) is 30.3 Å². The summed E-state index contributed by atoms with van der Waals surface area (Å²) >= 11 is 0. The minimum Gasteiger partial charge on any atom is -0.352 e. The lowest BCUT2D eigenvalue weighted by atomic mass is 10.0. The van der Waals surface area contributed by atoms with Gasteiger partial charge in [0.05, 0.1) is 17.5 Å². The predicted molar refractivity (Wildman–Crippen MR) is 122 cm³/mol. The molecule has 0 saturated carbocycles. The first-order valence-electron chi connectivity index (χ1n) is 11.0. The number of nitrogens with one attached hydrogen (secondary N) is 2. The Morgan fingerprint density at radius 1 is 1.03 bits per heavy atom. The van der Waals surface area contributed by atoms with Gasteiger partial charge in [0.1, 0.15) is 6.04 Å². The molecule has 1 fully saturated rings. The van der Waals surface area contributed by atoms with Crippen LogP contribution in [0.4, 0.5) is 0 Å². The lowest BCUT2D eigenvalue weighted by Gasteiger charge is -2.27. The van der Waals surface area contributed by atoms with Crippen molar-refractivity contribution >= 4 is 40.4 Å². The Balaban J connectivity index is 1.33. The van der Waals surface area contributed by atoms with Crippen LogP contribution in [-0.2, 0) is 34.4 Å². The van der Waals surface area contributed by atoms with Crippen LogP contribution in [-0.4, -0.2) is 45.0 Å². The number of rotatable bonds is 5. The molecule has 5 amide bonds. The first-order chi connectivity index (χ1) is 16.3. The number of imide groups is 2. The third-order valence-electron chi connectivity index (χ3n) is 6.36. The highest BCUT2D eigenvalue weighted by atomic mass is 16.2. The number of para-hydroxylation sites is 1. The number of carbonyl (C=O) groups is 5. The second-order valence-electron chi connectivity index (χ2n) is 8.52. The number of aryl methyl sites for hydroxylation is 1. The molecular formula is C25H22N4O5. The van der Waals surface area contributed by atoms with Crippen molar-refractivity contribution in [2.75, 3.05) is 0 Å². The minimum absolute atomic E-state index is 0.0564. The molecule has 2 N–H and O–H groups in total. The normalized spacial score (nSPS) is 17.8. The molecule has 0 spiro atoms. The maximum Gasteiger partial charge on any atom is 0.262 e. The summed E-state index contributed by atoms with van der Waals surface area (Å²) in [4.78, 5) is 63.5. The summed E-state index contributed by atoms with van der Waals surface area (Å²) in [6, 6.07) is 11.6. The van der Waals surface area contributed by atoms with Crippen molar-refractivity contribution in [3.8, 4) is 0 Å². The van der Waals surface area contributed by atoms with Crippen molar-refractivity contribution in [1.82, 2.24) is 20.1 Å². The van der Waals surface area contributed by atoms with E-state index >= 15 is 0 Å². The molecule has 1 atom stereocenters. The van der Waals surface area contributed by atoms with Crippen molar-refractivity contribution in [2.24, 2.45) is 7.05 Å². The average Bonchev–Trinajstić information content (AvgIpc) is 3.27. The van der Waals surface area contributed by atoms with Crippen LogP contribution in [0.15, 0.2) is 48.7 Å². The number of benzene rings is 2. The number of nitrogens with zero attached hydrogens (tertiary/aromatic N) is 2. The monoisotopic (exact) mass is 458 g/mol. The first-order valence-corrected chi connectivity index (χ1v) is 11.0. The molecule has 1 saturated heterocycles. The Labute approximate surface area is 194 Å². The van der Waals surface area contributed by atoms with Gasteiger partial charge in [0.2, 0.25) is 17.7 Å². The molecule has 1 unspecified atom stereocenters. The predicted octanol–water partition coefficient (Wildman–Crippen LogP) is 1.44. The van der Waals surface area contributed by atoms with Crippen LogP contribution < -0.4 is 10.6 Å². The Hall–Kier alpha value is -4.27. The van der Waals surface area contributed by atoms with Crippen LogP contribution in [0.2, 0.25) is 0 Å². The van der Waals surface area contributed by atoms with Gasteiger partial charge < -0.3 is 9.88 Å². The average molecular weight is 458 g/mol. The van der Waals surface area contributed by atoms with Gasteiger partial charge in [-0.15, -0.1) is 0 Å². The van der Waals surface area contributed by atoms with Crippen LogP contribution in [0.25, 0.3) is 10.9 Å². The minimum atomic E-state index is -1.03. The van der Waals surface area contributed by atoms with E-state index in [9.17, 15) is 24.0 Å². The fourth-order valence-electron chi connectivity index (χ4n) is 4.73. The Kier molecular flexibility index (Phi) is 5.24. The van der Waals surface area contributed by atoms with E-state index in [-0.39, 0.29) is 42.8 Å². The smallest absolute Gasteiger partial charge is 0.262 e. The van der Waals surface area contributed by atoms with Crippen LogP contribution >= 0.6 is 0 Å². The Morgan fingerprint density at radius 2 is 1.82 bits per heavy atom. The fraction of sp³-hybridized carbons (Fsp3) is 0.240. The SMILES string of the molecule is Cn1cc(CC(=O)NCc2cccc3c2C(=O)N(C2CCC(=O)NC2=O)C3=O)c2ccccc21. The van der Waals surface area contributed by atoms with Crippen molar-refractivity contribution in [3.63, 3.8) is 0 Å². The van der Waals surface area contributed by atoms with Crippen molar-refractivity contribution in [2.45, 2.75) is 31.8 Å². The van der Waals surface area contributed by atoms with Gasteiger partial charge in [0.15, 0.2) is 0 Å². The molecule has 1 aromatic heterocycles. The number of hydrogen-bond acceptors (Lipinski definition) is 5. The third-order valence-corrected chi connectivity index (χ3v) is 6.36. The molecule has 9 heteroatoms. The third kappa shape index (κ3) is 3.55. The van der Waals surface area contributed by atoms with Gasteiger partial charge in [-0.25, -0.2) is 0 Å². The Morgan fingerprint density at radius 3 is 2.62 bits per heavy atom. The zero-order valence-electron chi connectivity index (χ0n) is 18.5. The summed E-state index contributed by atoms with van der Waals surface area (Å²) in [5, 5.41) is 6.03. The van der Waals surface area contributed by atoms with Crippen LogP contribution in [0.3, 0.4) is 0 Å². The van der Waals surface area contributed by atoms with Crippen LogP contribution in [0, 0.1) is 0 Å². The van der Waals surface area contributed by atoms with E-state index in [4.69, 9.17) is 0 Å². The molecule has 2 aliphatic heterocycles. The zero-order valence-corrected chi connectivity index (χ0v) is 18.5. The number of fused-ring (bicyclic) bond motifs is 2. The topological polar surface area (TPSA) is 118 Å². The number of hydrogen-bond donors (Lipinski definition) is 2. The molecular weight excluding hydrogens is 436 g/mol. The summed E-state index contributed by atoms with van der Waals surface area (Å²) in [6.07, 6.45) is 2.24. The highest BCUT2D eigenvalue weighted by Crippen LogP contribution is 2.30. The second kappa shape index (κ2) is 8.26. The highest BCUT2D eigenvalue weighted by Gasteiger charge is 2.45. The molecule has 0 aliphatic carbocycles.